The summed E-state index contributed by atoms with van der Waals surface area (Å²) in [5.41, 5.74) is 1.59. The van der Waals surface area contributed by atoms with E-state index in [-0.39, 0.29) is 5.92 Å². The van der Waals surface area contributed by atoms with Gasteiger partial charge in [0, 0.05) is 19.8 Å². The van der Waals surface area contributed by atoms with Gasteiger partial charge in [-0.25, -0.2) is 4.39 Å². The van der Waals surface area contributed by atoms with Gasteiger partial charge in [0.1, 0.15) is 5.82 Å². The standard InChI is InChI=1S/C13H18F4N2O/c1-8(7-20-2)5-12(19-18)9-3-4-10(11(14)6-9)13(15,16)17/h3-4,6,8,12,19H,5,7,18H2,1-2H3. The summed E-state index contributed by atoms with van der Waals surface area (Å²) >= 11 is 0. The Hall–Kier alpha value is -1.18. The molecule has 0 heterocycles. The number of hydrazine groups is 1. The quantitative estimate of drug-likeness (QED) is 0.481. The van der Waals surface area contributed by atoms with Crippen LogP contribution in [-0.4, -0.2) is 13.7 Å². The number of hydrogen-bond acceptors (Lipinski definition) is 3. The lowest BCUT2D eigenvalue weighted by Crippen LogP contribution is -2.30. The number of rotatable bonds is 6. The van der Waals surface area contributed by atoms with Crippen LogP contribution in [0.2, 0.25) is 0 Å². The third kappa shape index (κ3) is 4.43. The SMILES string of the molecule is COCC(C)CC(NN)c1ccc(C(F)(F)F)c(F)c1. The summed E-state index contributed by atoms with van der Waals surface area (Å²) in [6.07, 6.45) is -4.17. The maximum atomic E-state index is 13.5. The summed E-state index contributed by atoms with van der Waals surface area (Å²) < 4.78 is 55.9. The zero-order valence-electron chi connectivity index (χ0n) is 11.3. The highest BCUT2D eigenvalue weighted by molar-refractivity contribution is 5.28. The van der Waals surface area contributed by atoms with E-state index in [1.165, 1.54) is 6.07 Å². The summed E-state index contributed by atoms with van der Waals surface area (Å²) in [4.78, 5) is 0. The van der Waals surface area contributed by atoms with Gasteiger partial charge in [0.2, 0.25) is 0 Å². The van der Waals surface area contributed by atoms with Crippen LogP contribution in [0.15, 0.2) is 18.2 Å². The number of methoxy groups -OCH3 is 1. The fourth-order valence-electron chi connectivity index (χ4n) is 2.03. The Morgan fingerprint density at radius 3 is 2.45 bits per heavy atom. The van der Waals surface area contributed by atoms with E-state index in [2.05, 4.69) is 5.43 Å². The second-order valence-electron chi connectivity index (χ2n) is 4.75. The van der Waals surface area contributed by atoms with E-state index >= 15 is 0 Å². The van der Waals surface area contributed by atoms with E-state index in [4.69, 9.17) is 10.6 Å². The number of ether oxygens (including phenoxy) is 1. The molecule has 7 heteroatoms. The van der Waals surface area contributed by atoms with Gasteiger partial charge in [-0.05, 0) is 30.0 Å². The zero-order chi connectivity index (χ0) is 15.3. The van der Waals surface area contributed by atoms with Gasteiger partial charge in [0.25, 0.3) is 0 Å². The largest absolute Gasteiger partial charge is 0.419 e. The van der Waals surface area contributed by atoms with Crippen molar-refractivity contribution in [1.82, 2.24) is 5.43 Å². The van der Waals surface area contributed by atoms with Gasteiger partial charge in [-0.2, -0.15) is 13.2 Å². The van der Waals surface area contributed by atoms with Crippen molar-refractivity contribution in [2.24, 2.45) is 11.8 Å². The minimum absolute atomic E-state index is 0.131. The molecular formula is C13H18F4N2O. The molecule has 20 heavy (non-hydrogen) atoms. The van der Waals surface area contributed by atoms with Crippen molar-refractivity contribution in [2.75, 3.05) is 13.7 Å². The third-order valence-corrected chi connectivity index (χ3v) is 2.99. The third-order valence-electron chi connectivity index (χ3n) is 2.99. The molecule has 114 valence electrons. The Labute approximate surface area is 115 Å². The number of hydrogen-bond donors (Lipinski definition) is 2. The first-order valence-corrected chi connectivity index (χ1v) is 6.11. The molecule has 0 aromatic heterocycles. The van der Waals surface area contributed by atoms with Crippen molar-refractivity contribution >= 4 is 0 Å². The predicted octanol–water partition coefficient (Wildman–Crippen LogP) is 3.02. The Kier molecular flexibility index (Phi) is 5.91. The average Bonchev–Trinajstić information content (AvgIpc) is 2.34. The van der Waals surface area contributed by atoms with Gasteiger partial charge in [-0.3, -0.25) is 11.3 Å². The molecule has 0 radical (unpaired) electrons. The van der Waals surface area contributed by atoms with E-state index in [0.29, 0.717) is 18.6 Å². The zero-order valence-corrected chi connectivity index (χ0v) is 11.3. The molecule has 2 unspecified atom stereocenters. The van der Waals surface area contributed by atoms with Crippen LogP contribution >= 0.6 is 0 Å². The topological polar surface area (TPSA) is 47.3 Å². The van der Waals surface area contributed by atoms with E-state index in [1.54, 1.807) is 7.11 Å². The molecule has 3 nitrogen and oxygen atoms in total. The van der Waals surface area contributed by atoms with Crippen molar-refractivity contribution in [1.29, 1.82) is 0 Å². The Morgan fingerprint density at radius 2 is 2.00 bits per heavy atom. The van der Waals surface area contributed by atoms with Crippen LogP contribution in [-0.2, 0) is 10.9 Å². The van der Waals surface area contributed by atoms with Crippen LogP contribution in [0.25, 0.3) is 0 Å². The molecule has 0 amide bonds. The van der Waals surface area contributed by atoms with E-state index in [1.807, 2.05) is 6.92 Å². The van der Waals surface area contributed by atoms with Crippen LogP contribution in [0.5, 0.6) is 0 Å². The molecule has 0 saturated heterocycles. The minimum Gasteiger partial charge on any atom is -0.384 e. The summed E-state index contributed by atoms with van der Waals surface area (Å²) in [6, 6.07) is 2.40. The van der Waals surface area contributed by atoms with Gasteiger partial charge in [-0.1, -0.05) is 13.0 Å². The molecule has 0 aliphatic heterocycles. The van der Waals surface area contributed by atoms with Gasteiger partial charge in [0.05, 0.1) is 5.56 Å². The normalized spacial score (nSPS) is 15.2. The number of halogens is 4. The first-order chi connectivity index (χ1) is 9.29. The summed E-state index contributed by atoms with van der Waals surface area (Å²) in [5.74, 6) is 4.22. The van der Waals surface area contributed by atoms with Crippen LogP contribution in [0, 0.1) is 11.7 Å². The molecule has 1 aromatic rings. The summed E-state index contributed by atoms with van der Waals surface area (Å²) in [5, 5.41) is 0. The van der Waals surface area contributed by atoms with Crippen LogP contribution < -0.4 is 11.3 Å². The molecule has 2 atom stereocenters. The fraction of sp³-hybridized carbons (Fsp3) is 0.538. The van der Waals surface area contributed by atoms with E-state index < -0.39 is 23.6 Å². The molecule has 0 aliphatic rings. The lowest BCUT2D eigenvalue weighted by molar-refractivity contribution is -0.140. The van der Waals surface area contributed by atoms with Gasteiger partial charge in [0.15, 0.2) is 0 Å². The van der Waals surface area contributed by atoms with Crippen LogP contribution in [0.4, 0.5) is 17.6 Å². The van der Waals surface area contributed by atoms with E-state index in [0.717, 1.165) is 12.1 Å². The Morgan fingerprint density at radius 1 is 1.35 bits per heavy atom. The predicted molar refractivity (Wildman–Crippen MR) is 67.1 cm³/mol. The Balaban J connectivity index is 2.92. The highest BCUT2D eigenvalue weighted by Gasteiger charge is 2.34. The maximum absolute atomic E-state index is 13.5. The minimum atomic E-state index is -4.70. The lowest BCUT2D eigenvalue weighted by atomic mass is 9.96. The summed E-state index contributed by atoms with van der Waals surface area (Å²) in [6.45, 7) is 2.40. The molecule has 0 bridgehead atoms. The van der Waals surface area contributed by atoms with Crippen molar-refractivity contribution in [3.05, 3.63) is 35.1 Å². The molecule has 0 saturated carbocycles. The van der Waals surface area contributed by atoms with E-state index in [9.17, 15) is 17.6 Å². The number of benzene rings is 1. The first-order valence-electron chi connectivity index (χ1n) is 6.11. The maximum Gasteiger partial charge on any atom is 0.419 e. The smallest absolute Gasteiger partial charge is 0.384 e. The van der Waals surface area contributed by atoms with Crippen LogP contribution in [0.1, 0.15) is 30.5 Å². The average molecular weight is 294 g/mol. The molecular weight excluding hydrogens is 276 g/mol. The van der Waals surface area contributed by atoms with Gasteiger partial charge < -0.3 is 4.74 Å². The first kappa shape index (κ1) is 16.9. The molecule has 1 rings (SSSR count). The number of alkyl halides is 3. The number of nitrogens with one attached hydrogen (secondary N) is 1. The monoisotopic (exact) mass is 294 g/mol. The molecule has 0 fully saturated rings. The van der Waals surface area contributed by atoms with Crippen molar-refractivity contribution in [3.63, 3.8) is 0 Å². The second-order valence-corrected chi connectivity index (χ2v) is 4.75. The van der Waals surface area contributed by atoms with Crippen LogP contribution in [0.3, 0.4) is 0 Å². The van der Waals surface area contributed by atoms with Crippen molar-refractivity contribution in [3.8, 4) is 0 Å². The number of nitrogens with two attached hydrogens (primary N) is 1. The lowest BCUT2D eigenvalue weighted by Gasteiger charge is -2.21. The van der Waals surface area contributed by atoms with Gasteiger partial charge in [-0.15, -0.1) is 0 Å². The van der Waals surface area contributed by atoms with Crippen molar-refractivity contribution < 1.29 is 22.3 Å². The Bertz CT molecular complexity index is 437. The fourth-order valence-corrected chi connectivity index (χ4v) is 2.03. The van der Waals surface area contributed by atoms with Crippen molar-refractivity contribution in [2.45, 2.75) is 25.6 Å². The highest BCUT2D eigenvalue weighted by Crippen LogP contribution is 2.33. The highest BCUT2D eigenvalue weighted by atomic mass is 19.4. The molecule has 0 aliphatic carbocycles. The summed E-state index contributed by atoms with van der Waals surface area (Å²) in [7, 11) is 1.55. The molecule has 0 spiro atoms. The second kappa shape index (κ2) is 7.01. The molecule has 3 N–H and O–H groups in total. The molecule has 1 aromatic carbocycles. The van der Waals surface area contributed by atoms with Gasteiger partial charge >= 0.3 is 6.18 Å².